The van der Waals surface area contributed by atoms with Gasteiger partial charge in [-0.1, -0.05) is 18.6 Å². The molecule has 1 aliphatic rings. The van der Waals surface area contributed by atoms with Crippen molar-refractivity contribution in [3.05, 3.63) is 39.9 Å². The fourth-order valence-corrected chi connectivity index (χ4v) is 2.87. The molecule has 6 nitrogen and oxygen atoms in total. The minimum atomic E-state index is -0.803. The van der Waals surface area contributed by atoms with Crippen molar-refractivity contribution in [3.63, 3.8) is 0 Å². The van der Waals surface area contributed by atoms with Gasteiger partial charge < -0.3 is 5.11 Å². The normalized spacial score (nSPS) is 21.7. The number of hydrogen-bond acceptors (Lipinski definition) is 4. The summed E-state index contributed by atoms with van der Waals surface area (Å²) in [5, 5.41) is 19.8. The summed E-state index contributed by atoms with van der Waals surface area (Å²) < 4.78 is 0. The van der Waals surface area contributed by atoms with Gasteiger partial charge in [0.15, 0.2) is 5.78 Å². The fraction of sp³-hybridized carbons (Fsp3) is 0.467. The standard InChI is InChI=1S/C15H17NO5/c17-14(11-4-2-6-13(9-11)16(20)21)8-10-3-1-5-12(7-10)15(18)19/h2,4,6,9-10,12H,1,3,5,7-8H2,(H,18,19). The van der Waals surface area contributed by atoms with Crippen LogP contribution in [-0.2, 0) is 4.79 Å². The number of carboxylic acids is 1. The van der Waals surface area contributed by atoms with E-state index in [0.717, 1.165) is 12.8 Å². The molecule has 0 spiro atoms. The molecule has 1 fully saturated rings. The first-order chi connectivity index (χ1) is 9.97. The van der Waals surface area contributed by atoms with Gasteiger partial charge in [-0.3, -0.25) is 19.7 Å². The Morgan fingerprint density at radius 2 is 2.10 bits per heavy atom. The molecule has 0 amide bonds. The summed E-state index contributed by atoms with van der Waals surface area (Å²) in [6.45, 7) is 0. The lowest BCUT2D eigenvalue weighted by molar-refractivity contribution is -0.384. The van der Waals surface area contributed by atoms with E-state index in [4.69, 9.17) is 5.11 Å². The molecule has 0 saturated heterocycles. The number of Topliss-reactive ketones (excluding diaryl/α,β-unsaturated/α-hetero) is 1. The van der Waals surface area contributed by atoms with E-state index in [1.54, 1.807) is 6.07 Å². The van der Waals surface area contributed by atoms with Gasteiger partial charge >= 0.3 is 5.97 Å². The van der Waals surface area contributed by atoms with Crippen molar-refractivity contribution in [1.82, 2.24) is 0 Å². The Balaban J connectivity index is 2.02. The van der Waals surface area contributed by atoms with Gasteiger partial charge in [-0.25, -0.2) is 0 Å². The number of non-ortho nitro benzene ring substituents is 1. The molecule has 0 aliphatic heterocycles. The first-order valence-electron chi connectivity index (χ1n) is 6.98. The van der Waals surface area contributed by atoms with Crippen molar-refractivity contribution in [2.24, 2.45) is 11.8 Å². The molecule has 2 atom stereocenters. The highest BCUT2D eigenvalue weighted by Crippen LogP contribution is 2.32. The molecule has 0 heterocycles. The van der Waals surface area contributed by atoms with Crippen molar-refractivity contribution < 1.29 is 19.6 Å². The van der Waals surface area contributed by atoms with Crippen molar-refractivity contribution in [3.8, 4) is 0 Å². The lowest BCUT2D eigenvalue weighted by atomic mass is 9.78. The Morgan fingerprint density at radius 1 is 1.33 bits per heavy atom. The molecule has 0 radical (unpaired) electrons. The monoisotopic (exact) mass is 291 g/mol. The number of carbonyl (C=O) groups is 2. The van der Waals surface area contributed by atoms with Crippen LogP contribution in [0.15, 0.2) is 24.3 Å². The van der Waals surface area contributed by atoms with Crippen LogP contribution in [-0.4, -0.2) is 21.8 Å². The highest BCUT2D eigenvalue weighted by molar-refractivity contribution is 5.96. The van der Waals surface area contributed by atoms with Crippen LogP contribution in [0.1, 0.15) is 42.5 Å². The molecule has 1 aromatic rings. The Morgan fingerprint density at radius 3 is 2.76 bits per heavy atom. The minimum Gasteiger partial charge on any atom is -0.481 e. The van der Waals surface area contributed by atoms with E-state index >= 15 is 0 Å². The maximum atomic E-state index is 12.2. The van der Waals surface area contributed by atoms with Gasteiger partial charge in [0.1, 0.15) is 0 Å². The highest BCUT2D eigenvalue weighted by atomic mass is 16.6. The average Bonchev–Trinajstić information content (AvgIpc) is 2.47. The summed E-state index contributed by atoms with van der Waals surface area (Å²) in [7, 11) is 0. The van der Waals surface area contributed by atoms with Crippen LogP contribution in [0.5, 0.6) is 0 Å². The lowest BCUT2D eigenvalue weighted by Gasteiger charge is -2.26. The van der Waals surface area contributed by atoms with Crippen molar-refractivity contribution >= 4 is 17.4 Å². The number of aliphatic carboxylic acids is 1. The zero-order chi connectivity index (χ0) is 15.4. The van der Waals surface area contributed by atoms with Crippen LogP contribution in [0, 0.1) is 22.0 Å². The van der Waals surface area contributed by atoms with E-state index in [9.17, 15) is 19.7 Å². The van der Waals surface area contributed by atoms with Gasteiger partial charge in [-0.05, 0) is 25.2 Å². The van der Waals surface area contributed by atoms with Crippen molar-refractivity contribution in [2.75, 3.05) is 0 Å². The second kappa shape index (κ2) is 6.47. The van der Waals surface area contributed by atoms with E-state index in [1.165, 1.54) is 18.2 Å². The van der Waals surface area contributed by atoms with Crippen molar-refractivity contribution in [2.45, 2.75) is 32.1 Å². The van der Waals surface area contributed by atoms with Crippen LogP contribution >= 0.6 is 0 Å². The predicted molar refractivity (Wildman–Crippen MR) is 75.1 cm³/mol. The second-order valence-corrected chi connectivity index (χ2v) is 5.50. The summed E-state index contributed by atoms with van der Waals surface area (Å²) in [6.07, 6.45) is 3.08. The SMILES string of the molecule is O=C(CC1CCCC(C(=O)O)C1)c1cccc([N+](=O)[O-])c1. The Bertz CT molecular complexity index is 569. The van der Waals surface area contributed by atoms with Gasteiger partial charge in [-0.2, -0.15) is 0 Å². The number of benzene rings is 1. The molecular weight excluding hydrogens is 274 g/mol. The molecule has 0 bridgehead atoms. The molecule has 112 valence electrons. The van der Waals surface area contributed by atoms with Crippen LogP contribution < -0.4 is 0 Å². The molecule has 1 aromatic carbocycles. The second-order valence-electron chi connectivity index (χ2n) is 5.50. The molecule has 0 aromatic heterocycles. The maximum Gasteiger partial charge on any atom is 0.306 e. The fourth-order valence-electron chi connectivity index (χ4n) is 2.87. The average molecular weight is 291 g/mol. The van der Waals surface area contributed by atoms with Gasteiger partial charge in [0.2, 0.25) is 0 Å². The van der Waals surface area contributed by atoms with E-state index in [2.05, 4.69) is 0 Å². The van der Waals surface area contributed by atoms with Crippen molar-refractivity contribution in [1.29, 1.82) is 0 Å². The molecule has 1 aliphatic carbocycles. The molecule has 6 heteroatoms. The maximum absolute atomic E-state index is 12.2. The number of hydrogen-bond donors (Lipinski definition) is 1. The number of nitro groups is 1. The molecular formula is C15H17NO5. The Hall–Kier alpha value is -2.24. The topological polar surface area (TPSA) is 97.5 Å². The molecule has 2 rings (SSSR count). The molecule has 2 unspecified atom stereocenters. The largest absolute Gasteiger partial charge is 0.481 e. The lowest BCUT2D eigenvalue weighted by Crippen LogP contribution is -2.24. The third kappa shape index (κ3) is 3.87. The summed E-state index contributed by atoms with van der Waals surface area (Å²) in [6, 6.07) is 5.68. The molecule has 1 N–H and O–H groups in total. The third-order valence-corrected chi connectivity index (χ3v) is 3.99. The van der Waals surface area contributed by atoms with Gasteiger partial charge in [-0.15, -0.1) is 0 Å². The first-order valence-corrected chi connectivity index (χ1v) is 6.98. The van der Waals surface area contributed by atoms with Gasteiger partial charge in [0.05, 0.1) is 10.8 Å². The van der Waals surface area contributed by atoms with Crippen LogP contribution in [0.2, 0.25) is 0 Å². The van der Waals surface area contributed by atoms with Gasteiger partial charge in [0.25, 0.3) is 5.69 Å². The summed E-state index contributed by atoms with van der Waals surface area (Å²) in [4.78, 5) is 33.4. The van der Waals surface area contributed by atoms with Crippen LogP contribution in [0.25, 0.3) is 0 Å². The van der Waals surface area contributed by atoms with E-state index < -0.39 is 10.9 Å². The number of rotatable bonds is 5. The summed E-state index contributed by atoms with van der Waals surface area (Å²) in [5.74, 6) is -1.29. The number of carboxylic acid groups (broad SMARTS) is 1. The minimum absolute atomic E-state index is 0.0478. The smallest absolute Gasteiger partial charge is 0.306 e. The Labute approximate surface area is 121 Å². The third-order valence-electron chi connectivity index (χ3n) is 3.99. The van der Waals surface area contributed by atoms with Crippen LogP contribution in [0.4, 0.5) is 5.69 Å². The number of nitro benzene ring substituents is 1. The van der Waals surface area contributed by atoms with E-state index in [1.807, 2.05) is 0 Å². The molecule has 21 heavy (non-hydrogen) atoms. The highest BCUT2D eigenvalue weighted by Gasteiger charge is 2.28. The molecule has 1 saturated carbocycles. The summed E-state index contributed by atoms with van der Waals surface area (Å²) in [5.41, 5.74) is 0.217. The summed E-state index contributed by atoms with van der Waals surface area (Å²) >= 11 is 0. The van der Waals surface area contributed by atoms with Crippen LogP contribution in [0.3, 0.4) is 0 Å². The van der Waals surface area contributed by atoms with E-state index in [-0.39, 0.29) is 29.7 Å². The Kier molecular flexibility index (Phi) is 4.67. The number of nitrogens with zero attached hydrogens (tertiary/aromatic N) is 1. The predicted octanol–water partition coefficient (Wildman–Crippen LogP) is 3.06. The number of carbonyl (C=O) groups excluding carboxylic acids is 1. The zero-order valence-electron chi connectivity index (χ0n) is 11.5. The quantitative estimate of drug-likeness (QED) is 0.510. The van der Waals surface area contributed by atoms with Gasteiger partial charge in [0, 0.05) is 24.1 Å². The first kappa shape index (κ1) is 15.2. The van der Waals surface area contributed by atoms with E-state index in [0.29, 0.717) is 18.4 Å². The zero-order valence-corrected chi connectivity index (χ0v) is 11.5. The number of ketones is 1.